The summed E-state index contributed by atoms with van der Waals surface area (Å²) in [5.41, 5.74) is 1.26. The van der Waals surface area contributed by atoms with Gasteiger partial charge in [0, 0.05) is 42.4 Å². The molecule has 1 aromatic carbocycles. The minimum atomic E-state index is -0.459. The molecule has 162 valence electrons. The molecule has 0 spiro atoms. The highest BCUT2D eigenvalue weighted by molar-refractivity contribution is 5.90. The van der Waals surface area contributed by atoms with Crippen molar-refractivity contribution in [1.29, 1.82) is 5.26 Å². The number of nitriles is 1. The minimum absolute atomic E-state index is 0.0000489. The number of anilines is 1. The zero-order chi connectivity index (χ0) is 22.4. The second kappa shape index (κ2) is 9.89. The summed E-state index contributed by atoms with van der Waals surface area (Å²) in [5.74, 6) is 0.0209. The van der Waals surface area contributed by atoms with Crippen LogP contribution in [0.15, 0.2) is 30.5 Å². The van der Waals surface area contributed by atoms with Crippen molar-refractivity contribution in [3.05, 3.63) is 41.8 Å². The summed E-state index contributed by atoms with van der Waals surface area (Å²) in [6.45, 7) is 1.50. The predicted molar refractivity (Wildman–Crippen MR) is 113 cm³/mol. The lowest BCUT2D eigenvalue weighted by Gasteiger charge is -2.29. The van der Waals surface area contributed by atoms with Crippen molar-refractivity contribution in [1.82, 2.24) is 15.6 Å². The van der Waals surface area contributed by atoms with E-state index in [9.17, 15) is 19.2 Å². The number of pyridine rings is 1. The van der Waals surface area contributed by atoms with Crippen LogP contribution in [-0.4, -0.2) is 36.1 Å². The number of aromatic nitrogens is 1. The molecule has 0 unspecified atom stereocenters. The highest BCUT2D eigenvalue weighted by atomic mass is 19.1. The van der Waals surface area contributed by atoms with E-state index in [4.69, 9.17) is 4.74 Å². The van der Waals surface area contributed by atoms with Crippen molar-refractivity contribution in [2.45, 2.75) is 44.7 Å². The quantitative estimate of drug-likeness (QED) is 0.679. The normalized spacial score (nSPS) is 17.9. The van der Waals surface area contributed by atoms with Crippen molar-refractivity contribution in [2.24, 2.45) is 0 Å². The molecular weight excluding hydrogens is 401 g/mol. The molecule has 9 heteroatoms. The Balaban J connectivity index is 1.69. The average molecular weight is 425 g/mol. The number of nitrogens with one attached hydrogen (secondary N) is 3. The van der Waals surface area contributed by atoms with E-state index in [2.05, 4.69) is 27.0 Å². The largest absolute Gasteiger partial charge is 0.496 e. The van der Waals surface area contributed by atoms with E-state index in [1.165, 1.54) is 38.4 Å². The molecule has 1 heterocycles. The second-order valence-electron chi connectivity index (χ2n) is 7.42. The number of amides is 3. The molecule has 1 aromatic heterocycles. The Morgan fingerprint density at radius 2 is 1.81 bits per heavy atom. The lowest BCUT2D eigenvalue weighted by molar-refractivity contribution is -0.119. The minimum Gasteiger partial charge on any atom is -0.496 e. The van der Waals surface area contributed by atoms with Gasteiger partial charge in [0.05, 0.1) is 12.7 Å². The van der Waals surface area contributed by atoms with Crippen LogP contribution in [0.1, 0.15) is 38.2 Å². The van der Waals surface area contributed by atoms with Crippen LogP contribution in [0.3, 0.4) is 0 Å². The molecule has 1 saturated carbocycles. The first-order valence-corrected chi connectivity index (χ1v) is 9.98. The zero-order valence-corrected chi connectivity index (χ0v) is 17.4. The predicted octanol–water partition coefficient (Wildman–Crippen LogP) is 3.34. The summed E-state index contributed by atoms with van der Waals surface area (Å²) in [4.78, 5) is 27.7. The summed E-state index contributed by atoms with van der Waals surface area (Å²) < 4.78 is 18.8. The van der Waals surface area contributed by atoms with E-state index in [-0.39, 0.29) is 35.1 Å². The third-order valence-corrected chi connectivity index (χ3v) is 5.19. The Hall–Kier alpha value is -3.67. The highest BCUT2D eigenvalue weighted by Gasteiger charge is 2.23. The van der Waals surface area contributed by atoms with Gasteiger partial charge in [0.15, 0.2) is 0 Å². The number of carbonyl (C=O) groups is 2. The van der Waals surface area contributed by atoms with Crippen LogP contribution in [0.4, 0.5) is 15.0 Å². The summed E-state index contributed by atoms with van der Waals surface area (Å²) in [7, 11) is 1.42. The van der Waals surface area contributed by atoms with E-state index in [0.717, 1.165) is 25.7 Å². The fourth-order valence-electron chi connectivity index (χ4n) is 3.73. The average Bonchev–Trinajstić information content (AvgIpc) is 2.74. The molecule has 2 aromatic rings. The number of hydrogen-bond acceptors (Lipinski definition) is 5. The molecule has 3 N–H and O–H groups in total. The van der Waals surface area contributed by atoms with Crippen molar-refractivity contribution in [3.63, 3.8) is 0 Å². The molecule has 0 aliphatic heterocycles. The van der Waals surface area contributed by atoms with Gasteiger partial charge in [-0.05, 0) is 43.9 Å². The van der Waals surface area contributed by atoms with Crippen LogP contribution in [0.25, 0.3) is 11.1 Å². The lowest BCUT2D eigenvalue weighted by Crippen LogP contribution is -2.44. The first kappa shape index (κ1) is 22.0. The van der Waals surface area contributed by atoms with Gasteiger partial charge in [0.1, 0.15) is 23.5 Å². The topological polar surface area (TPSA) is 116 Å². The summed E-state index contributed by atoms with van der Waals surface area (Å²) in [6.07, 6.45) is 4.48. The maximum Gasteiger partial charge on any atom is 0.320 e. The highest BCUT2D eigenvalue weighted by Crippen LogP contribution is 2.33. The number of halogens is 1. The number of carbonyl (C=O) groups excluding carboxylic acids is 2. The van der Waals surface area contributed by atoms with Crippen LogP contribution in [0.5, 0.6) is 5.75 Å². The lowest BCUT2D eigenvalue weighted by atomic mass is 9.91. The van der Waals surface area contributed by atoms with Crippen LogP contribution >= 0.6 is 0 Å². The van der Waals surface area contributed by atoms with E-state index >= 15 is 0 Å². The SMILES string of the molecule is COc1cc(F)ccc1-c1cc(NC(=O)NC2CCC(NC(C)=O)CC2)ncc1C#N. The van der Waals surface area contributed by atoms with Crippen LogP contribution in [0.2, 0.25) is 0 Å². The van der Waals surface area contributed by atoms with Gasteiger partial charge >= 0.3 is 6.03 Å². The Bertz CT molecular complexity index is 1010. The van der Waals surface area contributed by atoms with Crippen molar-refractivity contribution in [2.75, 3.05) is 12.4 Å². The third-order valence-electron chi connectivity index (χ3n) is 5.19. The van der Waals surface area contributed by atoms with Crippen LogP contribution < -0.4 is 20.7 Å². The number of rotatable bonds is 5. The standard InChI is InChI=1S/C22H24FN5O3/c1-13(29)26-16-4-6-17(7-5-16)27-22(30)28-21-10-19(14(11-24)12-25-21)18-8-3-15(23)9-20(18)31-2/h3,8-10,12,16-17H,4-7H2,1-2H3,(H,26,29)(H2,25,27,28,30). The van der Waals surface area contributed by atoms with Gasteiger partial charge in [-0.2, -0.15) is 5.26 Å². The van der Waals surface area contributed by atoms with Gasteiger partial charge in [0.25, 0.3) is 0 Å². The number of benzene rings is 1. The molecule has 1 aliphatic rings. The van der Waals surface area contributed by atoms with Gasteiger partial charge in [-0.3, -0.25) is 10.1 Å². The van der Waals surface area contributed by atoms with Gasteiger partial charge in [-0.15, -0.1) is 0 Å². The van der Waals surface area contributed by atoms with Gasteiger partial charge in [0.2, 0.25) is 5.91 Å². The molecule has 0 radical (unpaired) electrons. The van der Waals surface area contributed by atoms with E-state index in [1.807, 2.05) is 0 Å². The zero-order valence-electron chi connectivity index (χ0n) is 17.4. The second-order valence-corrected chi connectivity index (χ2v) is 7.42. The summed E-state index contributed by atoms with van der Waals surface area (Å²) in [6, 6.07) is 7.37. The fraction of sp³-hybridized carbons (Fsp3) is 0.364. The summed E-state index contributed by atoms with van der Waals surface area (Å²) in [5, 5.41) is 17.9. The summed E-state index contributed by atoms with van der Waals surface area (Å²) >= 11 is 0. The first-order chi connectivity index (χ1) is 14.9. The van der Waals surface area contributed by atoms with Gasteiger partial charge in [-0.1, -0.05) is 0 Å². The van der Waals surface area contributed by atoms with E-state index < -0.39 is 11.8 Å². The molecule has 3 rings (SSSR count). The number of nitrogens with zero attached hydrogens (tertiary/aromatic N) is 2. The molecule has 0 atom stereocenters. The maximum atomic E-state index is 13.5. The molecule has 0 bridgehead atoms. The third kappa shape index (κ3) is 5.69. The van der Waals surface area contributed by atoms with Gasteiger partial charge < -0.3 is 15.4 Å². The first-order valence-electron chi connectivity index (χ1n) is 9.98. The molecule has 31 heavy (non-hydrogen) atoms. The smallest absolute Gasteiger partial charge is 0.320 e. The molecule has 1 fully saturated rings. The molecular formula is C22H24FN5O3. The number of hydrogen-bond donors (Lipinski definition) is 3. The molecule has 8 nitrogen and oxygen atoms in total. The van der Waals surface area contributed by atoms with Crippen molar-refractivity contribution in [3.8, 4) is 22.9 Å². The van der Waals surface area contributed by atoms with Crippen LogP contribution in [-0.2, 0) is 4.79 Å². The fourth-order valence-corrected chi connectivity index (χ4v) is 3.73. The number of urea groups is 1. The Kier molecular flexibility index (Phi) is 7.03. The Morgan fingerprint density at radius 1 is 1.13 bits per heavy atom. The van der Waals surface area contributed by atoms with E-state index in [0.29, 0.717) is 11.1 Å². The molecule has 1 aliphatic carbocycles. The Morgan fingerprint density at radius 3 is 2.42 bits per heavy atom. The monoisotopic (exact) mass is 425 g/mol. The van der Waals surface area contributed by atoms with E-state index in [1.54, 1.807) is 6.07 Å². The Labute approximate surface area is 179 Å². The molecule has 0 saturated heterocycles. The maximum absolute atomic E-state index is 13.5. The number of ether oxygens (including phenoxy) is 1. The number of methoxy groups -OCH3 is 1. The van der Waals surface area contributed by atoms with Crippen LogP contribution in [0, 0.1) is 17.1 Å². The van der Waals surface area contributed by atoms with Crippen molar-refractivity contribution < 1.29 is 18.7 Å². The molecule has 3 amide bonds. The van der Waals surface area contributed by atoms with Gasteiger partial charge in [-0.25, -0.2) is 14.2 Å². The van der Waals surface area contributed by atoms with Crippen molar-refractivity contribution >= 4 is 17.8 Å².